The van der Waals surface area contributed by atoms with Gasteiger partial charge in [-0.3, -0.25) is 4.79 Å². The highest BCUT2D eigenvalue weighted by atomic mass is 16.5. The van der Waals surface area contributed by atoms with E-state index in [1.54, 1.807) is 6.92 Å². The topological polar surface area (TPSA) is 38.3 Å². The van der Waals surface area contributed by atoms with Crippen molar-refractivity contribution in [3.05, 3.63) is 29.3 Å². The van der Waals surface area contributed by atoms with Gasteiger partial charge in [0.25, 0.3) is 5.91 Å². The van der Waals surface area contributed by atoms with Gasteiger partial charge in [0, 0.05) is 5.54 Å². The summed E-state index contributed by atoms with van der Waals surface area (Å²) < 4.78 is 5.67. The Morgan fingerprint density at radius 1 is 1.17 bits per heavy atom. The van der Waals surface area contributed by atoms with E-state index in [9.17, 15) is 4.79 Å². The average molecular weight is 249 g/mol. The number of ether oxygens (including phenoxy) is 1. The summed E-state index contributed by atoms with van der Waals surface area (Å²) in [7, 11) is 0. The maximum absolute atomic E-state index is 11.9. The predicted octanol–water partition coefficient (Wildman–Crippen LogP) is 2.99. The lowest BCUT2D eigenvalue weighted by molar-refractivity contribution is -0.128. The third-order valence-corrected chi connectivity index (χ3v) is 2.38. The molecule has 0 spiro atoms. The molecule has 3 heteroatoms. The maximum Gasteiger partial charge on any atom is 0.261 e. The molecule has 0 aliphatic heterocycles. The molecule has 3 nitrogen and oxygen atoms in total. The van der Waals surface area contributed by atoms with Gasteiger partial charge in [-0.2, -0.15) is 0 Å². The monoisotopic (exact) mass is 249 g/mol. The van der Waals surface area contributed by atoms with E-state index in [0.29, 0.717) is 0 Å². The number of hydrogen-bond donors (Lipinski definition) is 1. The third-order valence-electron chi connectivity index (χ3n) is 2.38. The summed E-state index contributed by atoms with van der Waals surface area (Å²) in [6.45, 7) is 11.6. The summed E-state index contributed by atoms with van der Waals surface area (Å²) in [5.41, 5.74) is 2.03. The van der Waals surface area contributed by atoms with Crippen LogP contribution in [0.1, 0.15) is 38.8 Å². The highest BCUT2D eigenvalue weighted by Gasteiger charge is 2.20. The van der Waals surface area contributed by atoms with Crippen LogP contribution in [0.5, 0.6) is 5.75 Å². The summed E-state index contributed by atoms with van der Waals surface area (Å²) in [6, 6.07) is 5.95. The van der Waals surface area contributed by atoms with Crippen molar-refractivity contribution in [3.8, 4) is 5.75 Å². The fourth-order valence-electron chi connectivity index (χ4n) is 1.73. The van der Waals surface area contributed by atoms with Crippen LogP contribution in [0.25, 0.3) is 0 Å². The smallest absolute Gasteiger partial charge is 0.261 e. The van der Waals surface area contributed by atoms with E-state index in [4.69, 9.17) is 4.74 Å². The van der Waals surface area contributed by atoms with Gasteiger partial charge < -0.3 is 10.1 Å². The normalized spacial score (nSPS) is 13.0. The Kier molecular flexibility index (Phi) is 4.38. The number of nitrogens with one attached hydrogen (secondary N) is 1. The first-order valence-corrected chi connectivity index (χ1v) is 6.24. The number of carbonyl (C=O) groups excluding carboxylic acids is 1. The molecule has 0 aliphatic rings. The largest absolute Gasteiger partial charge is 0.481 e. The van der Waals surface area contributed by atoms with Crippen molar-refractivity contribution in [1.82, 2.24) is 5.32 Å². The van der Waals surface area contributed by atoms with Gasteiger partial charge >= 0.3 is 0 Å². The van der Waals surface area contributed by atoms with Crippen molar-refractivity contribution < 1.29 is 9.53 Å². The Hall–Kier alpha value is -1.51. The number of amides is 1. The molecule has 1 aromatic carbocycles. The van der Waals surface area contributed by atoms with Crippen LogP contribution in [-0.4, -0.2) is 17.6 Å². The molecule has 1 atom stereocenters. The summed E-state index contributed by atoms with van der Waals surface area (Å²) in [6.07, 6.45) is -0.495. The third kappa shape index (κ3) is 4.78. The molecule has 100 valence electrons. The first-order valence-electron chi connectivity index (χ1n) is 6.24. The van der Waals surface area contributed by atoms with Gasteiger partial charge in [0.1, 0.15) is 5.75 Å². The minimum Gasteiger partial charge on any atom is -0.481 e. The molecule has 0 bridgehead atoms. The van der Waals surface area contributed by atoms with Crippen molar-refractivity contribution in [2.24, 2.45) is 0 Å². The Balaban J connectivity index is 2.69. The van der Waals surface area contributed by atoms with Crippen LogP contribution in [0.4, 0.5) is 0 Å². The Bertz CT molecular complexity index is 412. The zero-order valence-electron chi connectivity index (χ0n) is 12.1. The predicted molar refractivity (Wildman–Crippen MR) is 73.9 cm³/mol. The summed E-state index contributed by atoms with van der Waals surface area (Å²) >= 11 is 0. The minimum absolute atomic E-state index is 0.0957. The van der Waals surface area contributed by atoms with Gasteiger partial charge in [0.15, 0.2) is 6.10 Å². The second-order valence-corrected chi connectivity index (χ2v) is 5.82. The molecule has 0 radical (unpaired) electrons. The van der Waals surface area contributed by atoms with Crippen LogP contribution in [0, 0.1) is 13.8 Å². The number of benzene rings is 1. The summed E-state index contributed by atoms with van der Waals surface area (Å²) in [5, 5.41) is 2.90. The Morgan fingerprint density at radius 2 is 1.67 bits per heavy atom. The lowest BCUT2D eigenvalue weighted by atomic mass is 10.1. The van der Waals surface area contributed by atoms with Gasteiger partial charge in [-0.1, -0.05) is 6.07 Å². The maximum atomic E-state index is 11.9. The fraction of sp³-hybridized carbons (Fsp3) is 0.533. The van der Waals surface area contributed by atoms with Gasteiger partial charge in [-0.25, -0.2) is 0 Å². The van der Waals surface area contributed by atoms with E-state index in [-0.39, 0.29) is 11.4 Å². The molecule has 1 aromatic rings. The van der Waals surface area contributed by atoms with E-state index >= 15 is 0 Å². The molecule has 0 aromatic heterocycles. The van der Waals surface area contributed by atoms with E-state index in [1.807, 2.05) is 46.8 Å². The lowest BCUT2D eigenvalue weighted by Crippen LogP contribution is -2.46. The minimum atomic E-state index is -0.495. The Labute approximate surface area is 110 Å². The van der Waals surface area contributed by atoms with E-state index < -0.39 is 6.10 Å². The molecule has 1 rings (SSSR count). The molecule has 0 fully saturated rings. The highest BCUT2D eigenvalue weighted by Crippen LogP contribution is 2.17. The van der Waals surface area contributed by atoms with Crippen LogP contribution in [0.3, 0.4) is 0 Å². The molecule has 0 unspecified atom stereocenters. The van der Waals surface area contributed by atoms with Crippen molar-refractivity contribution >= 4 is 5.91 Å². The fourth-order valence-corrected chi connectivity index (χ4v) is 1.73. The number of carbonyl (C=O) groups is 1. The molecule has 1 N–H and O–H groups in total. The van der Waals surface area contributed by atoms with Crippen LogP contribution < -0.4 is 10.1 Å². The summed E-state index contributed by atoms with van der Waals surface area (Å²) in [4.78, 5) is 11.9. The lowest BCUT2D eigenvalue weighted by Gasteiger charge is -2.23. The molecular formula is C15H23NO2. The molecule has 0 heterocycles. The van der Waals surface area contributed by atoms with Crippen molar-refractivity contribution in [2.45, 2.75) is 53.2 Å². The van der Waals surface area contributed by atoms with Crippen LogP contribution >= 0.6 is 0 Å². The van der Waals surface area contributed by atoms with E-state index in [0.717, 1.165) is 16.9 Å². The second kappa shape index (κ2) is 5.42. The SMILES string of the molecule is Cc1cc(C)cc(O[C@H](C)C(=O)NC(C)(C)C)c1. The number of hydrogen-bond acceptors (Lipinski definition) is 2. The van der Waals surface area contributed by atoms with Crippen molar-refractivity contribution in [2.75, 3.05) is 0 Å². The molecule has 18 heavy (non-hydrogen) atoms. The van der Waals surface area contributed by atoms with Crippen molar-refractivity contribution in [3.63, 3.8) is 0 Å². The quantitative estimate of drug-likeness (QED) is 0.894. The zero-order chi connectivity index (χ0) is 13.9. The average Bonchev–Trinajstić information content (AvgIpc) is 2.12. The second-order valence-electron chi connectivity index (χ2n) is 5.82. The first-order chi connectivity index (χ1) is 8.17. The number of aryl methyl sites for hydroxylation is 2. The summed E-state index contributed by atoms with van der Waals surface area (Å²) in [5.74, 6) is 0.644. The molecule has 0 aliphatic carbocycles. The molecule has 0 saturated carbocycles. The van der Waals surface area contributed by atoms with E-state index in [2.05, 4.69) is 11.4 Å². The van der Waals surface area contributed by atoms with Gasteiger partial charge in [-0.15, -0.1) is 0 Å². The Morgan fingerprint density at radius 3 is 2.11 bits per heavy atom. The van der Waals surface area contributed by atoms with Gasteiger partial charge in [0.2, 0.25) is 0 Å². The first kappa shape index (κ1) is 14.6. The van der Waals surface area contributed by atoms with Gasteiger partial charge in [-0.05, 0) is 64.8 Å². The van der Waals surface area contributed by atoms with Crippen molar-refractivity contribution in [1.29, 1.82) is 0 Å². The standard InChI is InChI=1S/C15H23NO2/c1-10-7-11(2)9-13(8-10)18-12(3)14(17)16-15(4,5)6/h7-9,12H,1-6H3,(H,16,17)/t12-/m1/s1. The molecule has 1 amide bonds. The zero-order valence-corrected chi connectivity index (χ0v) is 12.1. The number of rotatable bonds is 3. The van der Waals surface area contributed by atoms with Crippen LogP contribution in [0.15, 0.2) is 18.2 Å². The molecule has 0 saturated heterocycles. The van der Waals surface area contributed by atoms with E-state index in [1.165, 1.54) is 0 Å². The van der Waals surface area contributed by atoms with Crippen LogP contribution in [0.2, 0.25) is 0 Å². The molecular weight excluding hydrogens is 226 g/mol. The highest BCUT2D eigenvalue weighted by molar-refractivity contribution is 5.81. The van der Waals surface area contributed by atoms with Crippen LogP contribution in [-0.2, 0) is 4.79 Å². The van der Waals surface area contributed by atoms with Gasteiger partial charge in [0.05, 0.1) is 0 Å².